The standard InChI is InChI=1S/C14H22O3/c1-3-10-17-11-13(15)7-4-12-5-8-14(16-2)9-6-12/h5-6,8-9,13,15H,3-4,7,10-11H2,1-2H3. The Morgan fingerprint density at radius 1 is 1.24 bits per heavy atom. The summed E-state index contributed by atoms with van der Waals surface area (Å²) in [6, 6.07) is 7.93. The predicted octanol–water partition coefficient (Wildman–Crippen LogP) is 2.42. The fourth-order valence-corrected chi connectivity index (χ4v) is 1.57. The molecule has 0 fully saturated rings. The van der Waals surface area contributed by atoms with Gasteiger partial charge < -0.3 is 14.6 Å². The molecule has 0 heterocycles. The van der Waals surface area contributed by atoms with E-state index < -0.39 is 0 Å². The van der Waals surface area contributed by atoms with Gasteiger partial charge in [-0.1, -0.05) is 19.1 Å². The number of rotatable bonds is 8. The van der Waals surface area contributed by atoms with Gasteiger partial charge in [-0.2, -0.15) is 0 Å². The normalized spacial score (nSPS) is 12.4. The fourth-order valence-electron chi connectivity index (χ4n) is 1.57. The fraction of sp³-hybridized carbons (Fsp3) is 0.571. The van der Waals surface area contributed by atoms with Crippen LogP contribution in [0.15, 0.2) is 24.3 Å². The summed E-state index contributed by atoms with van der Waals surface area (Å²) >= 11 is 0. The van der Waals surface area contributed by atoms with Crippen LogP contribution in [-0.4, -0.2) is 31.5 Å². The number of methoxy groups -OCH3 is 1. The highest BCUT2D eigenvalue weighted by atomic mass is 16.5. The van der Waals surface area contributed by atoms with Crippen LogP contribution in [0.3, 0.4) is 0 Å². The molecule has 3 nitrogen and oxygen atoms in total. The van der Waals surface area contributed by atoms with Gasteiger partial charge in [-0.25, -0.2) is 0 Å². The van der Waals surface area contributed by atoms with Gasteiger partial charge >= 0.3 is 0 Å². The molecule has 1 aromatic rings. The molecule has 0 aliphatic rings. The molecule has 0 spiro atoms. The Morgan fingerprint density at radius 2 is 1.94 bits per heavy atom. The van der Waals surface area contributed by atoms with Crippen molar-refractivity contribution in [3.8, 4) is 5.75 Å². The minimum absolute atomic E-state index is 0.372. The molecule has 17 heavy (non-hydrogen) atoms. The van der Waals surface area contributed by atoms with E-state index in [1.165, 1.54) is 5.56 Å². The summed E-state index contributed by atoms with van der Waals surface area (Å²) in [5.41, 5.74) is 1.21. The molecular weight excluding hydrogens is 216 g/mol. The summed E-state index contributed by atoms with van der Waals surface area (Å²) in [6.45, 7) is 3.22. The second kappa shape index (κ2) is 8.09. The molecule has 1 atom stereocenters. The van der Waals surface area contributed by atoms with Crippen LogP contribution in [0.5, 0.6) is 5.75 Å². The molecule has 1 aromatic carbocycles. The van der Waals surface area contributed by atoms with Crippen LogP contribution in [0.25, 0.3) is 0 Å². The maximum Gasteiger partial charge on any atom is 0.118 e. The van der Waals surface area contributed by atoms with Crippen LogP contribution in [0, 0.1) is 0 Å². The molecule has 0 aromatic heterocycles. The summed E-state index contributed by atoms with van der Waals surface area (Å²) in [6.07, 6.45) is 2.21. The topological polar surface area (TPSA) is 38.7 Å². The number of benzene rings is 1. The second-order valence-corrected chi connectivity index (χ2v) is 4.12. The van der Waals surface area contributed by atoms with E-state index in [9.17, 15) is 5.11 Å². The maximum absolute atomic E-state index is 9.69. The minimum Gasteiger partial charge on any atom is -0.497 e. The van der Waals surface area contributed by atoms with E-state index in [1.54, 1.807) is 7.11 Å². The lowest BCUT2D eigenvalue weighted by atomic mass is 10.1. The monoisotopic (exact) mass is 238 g/mol. The van der Waals surface area contributed by atoms with Crippen LogP contribution in [0.1, 0.15) is 25.3 Å². The number of ether oxygens (including phenoxy) is 2. The van der Waals surface area contributed by atoms with E-state index in [-0.39, 0.29) is 6.10 Å². The smallest absolute Gasteiger partial charge is 0.118 e. The first-order chi connectivity index (χ1) is 8.26. The number of aliphatic hydroxyl groups is 1. The largest absolute Gasteiger partial charge is 0.497 e. The van der Waals surface area contributed by atoms with Crippen LogP contribution in [0.4, 0.5) is 0 Å². The van der Waals surface area contributed by atoms with Crippen LogP contribution in [-0.2, 0) is 11.2 Å². The first kappa shape index (κ1) is 14.0. The summed E-state index contributed by atoms with van der Waals surface area (Å²) in [7, 11) is 1.66. The van der Waals surface area contributed by atoms with Gasteiger partial charge in [0.05, 0.1) is 19.8 Å². The molecule has 1 rings (SSSR count). The lowest BCUT2D eigenvalue weighted by Gasteiger charge is -2.11. The van der Waals surface area contributed by atoms with E-state index in [0.29, 0.717) is 6.61 Å². The van der Waals surface area contributed by atoms with Crippen molar-refractivity contribution in [3.63, 3.8) is 0 Å². The van der Waals surface area contributed by atoms with Crippen molar-refractivity contribution < 1.29 is 14.6 Å². The van der Waals surface area contributed by atoms with Crippen molar-refractivity contribution in [1.29, 1.82) is 0 Å². The molecule has 0 amide bonds. The molecule has 0 bridgehead atoms. The molecule has 0 radical (unpaired) electrons. The van der Waals surface area contributed by atoms with Gasteiger partial charge in [0.1, 0.15) is 5.75 Å². The Morgan fingerprint density at radius 3 is 2.53 bits per heavy atom. The molecule has 3 heteroatoms. The zero-order chi connectivity index (χ0) is 12.5. The Kier molecular flexibility index (Phi) is 6.67. The number of hydrogen-bond acceptors (Lipinski definition) is 3. The average Bonchev–Trinajstić information content (AvgIpc) is 2.37. The molecule has 0 aliphatic carbocycles. The molecule has 96 valence electrons. The highest BCUT2D eigenvalue weighted by Gasteiger charge is 2.04. The SMILES string of the molecule is CCCOCC(O)CCc1ccc(OC)cc1. The first-order valence-electron chi connectivity index (χ1n) is 6.15. The maximum atomic E-state index is 9.69. The van der Waals surface area contributed by atoms with Crippen LogP contribution in [0.2, 0.25) is 0 Å². The summed E-state index contributed by atoms with van der Waals surface area (Å²) in [4.78, 5) is 0. The van der Waals surface area contributed by atoms with Gasteiger partial charge in [0.15, 0.2) is 0 Å². The van der Waals surface area contributed by atoms with E-state index in [1.807, 2.05) is 24.3 Å². The molecule has 1 N–H and O–H groups in total. The predicted molar refractivity (Wildman–Crippen MR) is 68.4 cm³/mol. The Labute approximate surface area is 103 Å². The van der Waals surface area contributed by atoms with Crippen LogP contribution < -0.4 is 4.74 Å². The van der Waals surface area contributed by atoms with Crippen molar-refractivity contribution >= 4 is 0 Å². The quantitative estimate of drug-likeness (QED) is 0.707. The Hall–Kier alpha value is -1.06. The van der Waals surface area contributed by atoms with Gasteiger partial charge in [-0.3, -0.25) is 0 Å². The van der Waals surface area contributed by atoms with Gasteiger partial charge in [-0.15, -0.1) is 0 Å². The Balaban J connectivity index is 2.24. The summed E-state index contributed by atoms with van der Waals surface area (Å²) < 4.78 is 10.4. The number of aliphatic hydroxyl groups excluding tert-OH is 1. The minimum atomic E-state index is -0.372. The Bertz CT molecular complexity index is 295. The van der Waals surface area contributed by atoms with Gasteiger partial charge in [0, 0.05) is 6.61 Å². The third-order valence-corrected chi connectivity index (χ3v) is 2.58. The molecule has 1 unspecified atom stereocenters. The van der Waals surface area contributed by atoms with Gasteiger partial charge in [0.25, 0.3) is 0 Å². The zero-order valence-electron chi connectivity index (χ0n) is 10.7. The van der Waals surface area contributed by atoms with Crippen molar-refractivity contribution in [2.75, 3.05) is 20.3 Å². The average molecular weight is 238 g/mol. The highest BCUT2D eigenvalue weighted by Crippen LogP contribution is 2.13. The van der Waals surface area contributed by atoms with Crippen LogP contribution >= 0.6 is 0 Å². The van der Waals surface area contributed by atoms with Gasteiger partial charge in [-0.05, 0) is 37.0 Å². The van der Waals surface area contributed by atoms with E-state index >= 15 is 0 Å². The van der Waals surface area contributed by atoms with E-state index in [4.69, 9.17) is 9.47 Å². The lowest BCUT2D eigenvalue weighted by molar-refractivity contribution is 0.0330. The molecule has 0 aliphatic heterocycles. The number of hydrogen-bond donors (Lipinski definition) is 1. The van der Waals surface area contributed by atoms with Gasteiger partial charge in [0.2, 0.25) is 0 Å². The molecule has 0 saturated carbocycles. The second-order valence-electron chi connectivity index (χ2n) is 4.12. The van der Waals surface area contributed by atoms with E-state index in [0.717, 1.165) is 31.6 Å². The third kappa shape index (κ3) is 5.71. The summed E-state index contributed by atoms with van der Waals surface area (Å²) in [5, 5.41) is 9.69. The lowest BCUT2D eigenvalue weighted by Crippen LogP contribution is -2.16. The molecular formula is C14H22O3. The van der Waals surface area contributed by atoms with Crippen molar-refractivity contribution in [1.82, 2.24) is 0 Å². The van der Waals surface area contributed by atoms with E-state index in [2.05, 4.69) is 6.92 Å². The summed E-state index contributed by atoms with van der Waals surface area (Å²) in [5.74, 6) is 0.862. The third-order valence-electron chi connectivity index (χ3n) is 2.58. The zero-order valence-corrected chi connectivity index (χ0v) is 10.7. The first-order valence-corrected chi connectivity index (χ1v) is 6.15. The number of aryl methyl sites for hydroxylation is 1. The van der Waals surface area contributed by atoms with Crippen molar-refractivity contribution in [3.05, 3.63) is 29.8 Å². The highest BCUT2D eigenvalue weighted by molar-refractivity contribution is 5.27. The van der Waals surface area contributed by atoms with Crippen molar-refractivity contribution in [2.24, 2.45) is 0 Å². The molecule has 0 saturated heterocycles. The van der Waals surface area contributed by atoms with Crippen molar-refractivity contribution in [2.45, 2.75) is 32.3 Å².